The molecule has 17 heavy (non-hydrogen) atoms. The maximum absolute atomic E-state index is 12.1. The molecule has 1 atom stereocenters. The molecule has 1 rings (SSSR count). The molecule has 1 unspecified atom stereocenters. The summed E-state index contributed by atoms with van der Waals surface area (Å²) in [6, 6.07) is 0. The van der Waals surface area contributed by atoms with E-state index in [1.165, 1.54) is 6.08 Å². The van der Waals surface area contributed by atoms with Crippen LogP contribution in [0.4, 0.5) is 0 Å². The number of rotatable bonds is 4. The average Bonchev–Trinajstić information content (AvgIpc) is 2.38. The van der Waals surface area contributed by atoms with Gasteiger partial charge in [-0.15, -0.1) is 0 Å². The third-order valence-corrected chi connectivity index (χ3v) is 7.73. The predicted octanol–water partition coefficient (Wildman–Crippen LogP) is 2.90. The van der Waals surface area contributed by atoms with E-state index in [1.807, 2.05) is 22.7 Å². The number of carbonyl (C=O) groups is 1. The second-order valence-electron chi connectivity index (χ2n) is 5.04. The van der Waals surface area contributed by atoms with Crippen molar-refractivity contribution in [3.8, 4) is 0 Å². The normalized spacial score (nSPS) is 25.6. The summed E-state index contributed by atoms with van der Waals surface area (Å²) in [6.07, 6.45) is 3.38. The van der Waals surface area contributed by atoms with Gasteiger partial charge in [-0.2, -0.15) is 0 Å². The van der Waals surface area contributed by atoms with Crippen molar-refractivity contribution in [1.29, 1.82) is 0 Å². The summed E-state index contributed by atoms with van der Waals surface area (Å²) in [4.78, 5) is 14.2. The maximum atomic E-state index is 12.1. The van der Waals surface area contributed by atoms with E-state index in [-0.39, 0.29) is 15.5 Å². The Balaban J connectivity index is 3.05. The Kier molecular flexibility index (Phi) is 4.56. The fourth-order valence-corrected chi connectivity index (χ4v) is 7.44. The van der Waals surface area contributed by atoms with E-state index in [4.69, 9.17) is 0 Å². The van der Waals surface area contributed by atoms with Gasteiger partial charge in [0.2, 0.25) is 0 Å². The van der Waals surface area contributed by atoms with E-state index in [0.29, 0.717) is 19.9 Å². The van der Waals surface area contributed by atoms with Gasteiger partial charge in [0, 0.05) is 0 Å². The van der Waals surface area contributed by atoms with E-state index >= 15 is 0 Å². The standard InChI is InChI=1S/C13H21NOSSe/c1-7-9-17-11-12(3,4)16-13(5,6)14(11)10(15)8-2/h7-8,11H,1-2,9H2,3-6H3. The van der Waals surface area contributed by atoms with Crippen LogP contribution in [0.5, 0.6) is 0 Å². The molecule has 0 aromatic carbocycles. The first-order valence-corrected chi connectivity index (χ1v) is 8.66. The summed E-state index contributed by atoms with van der Waals surface area (Å²) in [5, 5.41) is 0.999. The SMILES string of the molecule is C=CC[Se]C1N(C(=O)C=C)C(C)(C)SC1(C)C. The van der Waals surface area contributed by atoms with Crippen LogP contribution in [0.25, 0.3) is 0 Å². The van der Waals surface area contributed by atoms with Crippen molar-refractivity contribution in [3.63, 3.8) is 0 Å². The Bertz CT molecular complexity index is 338. The third kappa shape index (κ3) is 2.98. The molecule has 1 heterocycles. The molecule has 0 saturated carbocycles. The van der Waals surface area contributed by atoms with Gasteiger partial charge in [-0.1, -0.05) is 0 Å². The zero-order chi connectivity index (χ0) is 13.3. The fourth-order valence-electron chi connectivity index (χ4n) is 2.25. The first kappa shape index (κ1) is 14.9. The van der Waals surface area contributed by atoms with Gasteiger partial charge >= 0.3 is 115 Å². The van der Waals surface area contributed by atoms with Gasteiger partial charge in [0.1, 0.15) is 0 Å². The van der Waals surface area contributed by atoms with E-state index in [1.54, 1.807) is 0 Å². The molecular weight excluding hydrogens is 297 g/mol. The molecule has 2 nitrogen and oxygen atoms in total. The van der Waals surface area contributed by atoms with Gasteiger partial charge in [0.15, 0.2) is 0 Å². The molecule has 1 saturated heterocycles. The first-order chi connectivity index (χ1) is 7.76. The quantitative estimate of drug-likeness (QED) is 0.451. The molecule has 0 radical (unpaired) electrons. The minimum atomic E-state index is -0.150. The summed E-state index contributed by atoms with van der Waals surface area (Å²) < 4.78 is 0.102. The second-order valence-corrected chi connectivity index (χ2v) is 9.63. The summed E-state index contributed by atoms with van der Waals surface area (Å²) in [5.41, 5.74) is 0. The molecule has 0 N–H and O–H groups in total. The van der Waals surface area contributed by atoms with Gasteiger partial charge in [-0.05, 0) is 0 Å². The number of nitrogens with zero attached hydrogens (tertiary/aromatic N) is 1. The van der Waals surface area contributed by atoms with Crippen LogP contribution in [-0.2, 0) is 4.79 Å². The van der Waals surface area contributed by atoms with Crippen molar-refractivity contribution in [3.05, 3.63) is 25.3 Å². The van der Waals surface area contributed by atoms with E-state index in [9.17, 15) is 4.79 Å². The Morgan fingerprint density at radius 2 is 2.00 bits per heavy atom. The second kappa shape index (κ2) is 5.21. The molecule has 0 spiro atoms. The number of thioether (sulfide) groups is 1. The molecule has 4 heteroatoms. The van der Waals surface area contributed by atoms with Gasteiger partial charge in [0.25, 0.3) is 0 Å². The number of allylic oxidation sites excluding steroid dienone is 1. The van der Waals surface area contributed by atoms with Crippen molar-refractivity contribution in [2.45, 2.75) is 47.6 Å². The van der Waals surface area contributed by atoms with Gasteiger partial charge < -0.3 is 0 Å². The van der Waals surface area contributed by atoms with Crippen molar-refractivity contribution >= 4 is 32.6 Å². The summed E-state index contributed by atoms with van der Waals surface area (Å²) in [7, 11) is 0. The zero-order valence-electron chi connectivity index (χ0n) is 11.0. The number of hydrogen-bond acceptors (Lipinski definition) is 2. The molecule has 1 aliphatic rings. The van der Waals surface area contributed by atoms with E-state index in [0.717, 1.165) is 5.32 Å². The van der Waals surface area contributed by atoms with Crippen LogP contribution in [0.2, 0.25) is 5.32 Å². The molecule has 0 aromatic heterocycles. The Morgan fingerprint density at radius 1 is 1.41 bits per heavy atom. The average molecular weight is 318 g/mol. The summed E-state index contributed by atoms with van der Waals surface area (Å²) in [6.45, 7) is 16.1. The molecule has 1 amide bonds. The number of amides is 1. The van der Waals surface area contributed by atoms with Crippen LogP contribution in [0.3, 0.4) is 0 Å². The van der Waals surface area contributed by atoms with Crippen LogP contribution >= 0.6 is 11.8 Å². The zero-order valence-corrected chi connectivity index (χ0v) is 13.6. The fraction of sp³-hybridized carbons (Fsp3) is 0.615. The van der Waals surface area contributed by atoms with Crippen molar-refractivity contribution < 1.29 is 4.79 Å². The number of hydrogen-bond donors (Lipinski definition) is 0. The Morgan fingerprint density at radius 3 is 2.47 bits per heavy atom. The molecule has 96 valence electrons. The van der Waals surface area contributed by atoms with Crippen LogP contribution in [-0.4, -0.2) is 40.3 Å². The van der Waals surface area contributed by atoms with Crippen LogP contribution in [0, 0.1) is 0 Å². The van der Waals surface area contributed by atoms with Crippen molar-refractivity contribution in [1.82, 2.24) is 4.90 Å². The van der Waals surface area contributed by atoms with E-state index < -0.39 is 0 Å². The Labute approximate surface area is 115 Å². The molecule has 1 fully saturated rings. The van der Waals surface area contributed by atoms with Gasteiger partial charge in [-0.3, -0.25) is 0 Å². The van der Waals surface area contributed by atoms with Crippen LogP contribution < -0.4 is 0 Å². The van der Waals surface area contributed by atoms with E-state index in [2.05, 4.69) is 40.9 Å². The monoisotopic (exact) mass is 319 g/mol. The van der Waals surface area contributed by atoms with Crippen molar-refractivity contribution in [2.24, 2.45) is 0 Å². The molecule has 0 bridgehead atoms. The number of carbonyl (C=O) groups excluding carboxylic acids is 1. The Hall–Kier alpha value is -0.181. The topological polar surface area (TPSA) is 20.3 Å². The van der Waals surface area contributed by atoms with Gasteiger partial charge in [0.05, 0.1) is 0 Å². The predicted molar refractivity (Wildman–Crippen MR) is 77.3 cm³/mol. The summed E-state index contributed by atoms with van der Waals surface area (Å²) >= 11 is 2.24. The molecule has 0 aromatic rings. The molecule has 1 aliphatic heterocycles. The minimum absolute atomic E-state index is 0.0454. The summed E-state index contributed by atoms with van der Waals surface area (Å²) in [5.74, 6) is 0.0454. The van der Waals surface area contributed by atoms with Gasteiger partial charge in [-0.25, -0.2) is 0 Å². The van der Waals surface area contributed by atoms with Crippen LogP contribution in [0.15, 0.2) is 25.3 Å². The third-order valence-electron chi connectivity index (χ3n) is 2.71. The molecular formula is C13H21NOSSe. The van der Waals surface area contributed by atoms with Crippen LogP contribution in [0.1, 0.15) is 27.7 Å². The molecule has 0 aliphatic carbocycles. The first-order valence-electron chi connectivity index (χ1n) is 5.64. The van der Waals surface area contributed by atoms with Crippen molar-refractivity contribution in [2.75, 3.05) is 0 Å².